The zero-order valence-electron chi connectivity index (χ0n) is 18.0. The number of allylic oxidation sites excluding steroid dienone is 1. The summed E-state index contributed by atoms with van der Waals surface area (Å²) < 4.78 is 56.3. The molecule has 0 spiro atoms. The van der Waals surface area contributed by atoms with Crippen LogP contribution < -0.4 is 15.6 Å². The minimum Gasteiger partial charge on any atom is -0.391 e. The van der Waals surface area contributed by atoms with E-state index in [2.05, 4.69) is 16.9 Å². The van der Waals surface area contributed by atoms with Gasteiger partial charge < -0.3 is 10.4 Å². The Morgan fingerprint density at radius 2 is 1.89 bits per heavy atom. The second-order valence-corrected chi connectivity index (χ2v) is 7.86. The summed E-state index contributed by atoms with van der Waals surface area (Å²) in [6.07, 6.45) is -0.498. The number of amides is 2. The van der Waals surface area contributed by atoms with E-state index in [4.69, 9.17) is 0 Å². The largest absolute Gasteiger partial charge is 0.391 e. The summed E-state index contributed by atoms with van der Waals surface area (Å²) in [6, 6.07) is 3.32. The Morgan fingerprint density at radius 1 is 1.20 bits per heavy atom. The zero-order chi connectivity index (χ0) is 25.4. The molecule has 182 valence electrons. The van der Waals surface area contributed by atoms with E-state index in [9.17, 15) is 37.1 Å². The lowest BCUT2D eigenvalue weighted by molar-refractivity contribution is -0.117. The van der Waals surface area contributed by atoms with Crippen molar-refractivity contribution in [1.29, 1.82) is 0 Å². The van der Waals surface area contributed by atoms with Gasteiger partial charge in [0.2, 0.25) is 11.3 Å². The number of pyridine rings is 2. The number of aromatic nitrogens is 2. The predicted molar refractivity (Wildman–Crippen MR) is 117 cm³/mol. The molecule has 1 aromatic carbocycles. The lowest BCUT2D eigenvalue weighted by atomic mass is 10.1. The number of nitrogens with zero attached hydrogens (tertiary/aromatic N) is 3. The van der Waals surface area contributed by atoms with Crippen LogP contribution in [0.3, 0.4) is 0 Å². The number of aliphatic hydroxyl groups is 1. The molecule has 0 aliphatic carbocycles. The molecule has 4 rings (SSSR count). The number of rotatable bonds is 6. The van der Waals surface area contributed by atoms with Crippen molar-refractivity contribution < 1.29 is 32.3 Å². The minimum atomic E-state index is -1.35. The van der Waals surface area contributed by atoms with E-state index < -0.39 is 58.7 Å². The average molecular weight is 490 g/mol. The molecule has 2 N–H and O–H groups in total. The Labute approximate surface area is 195 Å². The first-order chi connectivity index (χ1) is 16.6. The van der Waals surface area contributed by atoms with E-state index in [1.165, 1.54) is 12.1 Å². The topological polar surface area (TPSA) is 105 Å². The van der Waals surface area contributed by atoms with E-state index in [0.29, 0.717) is 12.1 Å². The van der Waals surface area contributed by atoms with Gasteiger partial charge in [0, 0.05) is 30.4 Å². The summed E-state index contributed by atoms with van der Waals surface area (Å²) in [5.74, 6) is -5.36. The molecule has 35 heavy (non-hydrogen) atoms. The van der Waals surface area contributed by atoms with Crippen LogP contribution in [0, 0.1) is 17.5 Å². The maximum absolute atomic E-state index is 14.7. The van der Waals surface area contributed by atoms with Crippen LogP contribution in [0.5, 0.6) is 0 Å². The van der Waals surface area contributed by atoms with Gasteiger partial charge in [0.25, 0.3) is 5.91 Å². The molecule has 1 aliphatic rings. The molecule has 3 heterocycles. The number of carbonyl (C=O) groups excluding carboxylic acids is 2. The highest BCUT2D eigenvalue weighted by Gasteiger charge is 2.31. The van der Waals surface area contributed by atoms with Crippen molar-refractivity contribution in [3.63, 3.8) is 0 Å². The molecular weight excluding hydrogens is 472 g/mol. The standard InChI is InChI=1S/C23H18F4N4O4/c1-11(4-5-24)28-23(35)15-10-31(20-16(26)6-12(25)7-17(20)27)22-14(21(15)34)2-3-18(29-22)30-9-13(32)8-19(30)33/h2-3,6-7,10,13,32H,1,4-5,8-9H2,(H,28,35). The molecular formula is C23H18F4N4O4. The van der Waals surface area contributed by atoms with Crippen molar-refractivity contribution in [3.05, 3.63) is 76.0 Å². The third kappa shape index (κ3) is 4.52. The van der Waals surface area contributed by atoms with Crippen LogP contribution in [-0.2, 0) is 4.79 Å². The van der Waals surface area contributed by atoms with Crippen LogP contribution in [0.25, 0.3) is 16.7 Å². The molecule has 2 amide bonds. The minimum absolute atomic E-state index is 0.0105. The quantitative estimate of drug-likeness (QED) is 0.517. The van der Waals surface area contributed by atoms with Gasteiger partial charge in [-0.3, -0.25) is 28.2 Å². The van der Waals surface area contributed by atoms with Crippen molar-refractivity contribution >= 4 is 28.7 Å². The number of hydrogen-bond donors (Lipinski definition) is 2. The molecule has 0 saturated carbocycles. The van der Waals surface area contributed by atoms with E-state index in [1.54, 1.807) is 0 Å². The Bertz CT molecular complexity index is 1420. The van der Waals surface area contributed by atoms with Crippen LogP contribution in [0.15, 0.2) is 47.5 Å². The number of alkyl halides is 1. The number of β-amino-alcohol motifs (C(OH)–C–C–N with tert-alkyl or cyclic N) is 1. The van der Waals surface area contributed by atoms with E-state index >= 15 is 0 Å². The third-order valence-electron chi connectivity index (χ3n) is 5.37. The molecule has 1 saturated heterocycles. The monoisotopic (exact) mass is 490 g/mol. The van der Waals surface area contributed by atoms with Gasteiger partial charge in [-0.15, -0.1) is 0 Å². The van der Waals surface area contributed by atoms with Gasteiger partial charge in [-0.25, -0.2) is 18.2 Å². The highest BCUT2D eigenvalue weighted by atomic mass is 19.1. The van der Waals surface area contributed by atoms with Gasteiger partial charge >= 0.3 is 0 Å². The number of benzene rings is 1. The molecule has 1 atom stereocenters. The molecule has 1 aliphatic heterocycles. The first kappa shape index (κ1) is 24.1. The summed E-state index contributed by atoms with van der Waals surface area (Å²) >= 11 is 0. The van der Waals surface area contributed by atoms with Gasteiger partial charge in [-0.2, -0.15) is 0 Å². The number of hydrogen-bond acceptors (Lipinski definition) is 5. The van der Waals surface area contributed by atoms with Crippen molar-refractivity contribution in [1.82, 2.24) is 14.9 Å². The first-order valence-corrected chi connectivity index (χ1v) is 10.4. The maximum Gasteiger partial charge on any atom is 0.260 e. The van der Waals surface area contributed by atoms with Gasteiger partial charge in [-0.1, -0.05) is 6.58 Å². The van der Waals surface area contributed by atoms with Gasteiger partial charge in [-0.05, 0) is 12.1 Å². The first-order valence-electron chi connectivity index (χ1n) is 10.4. The van der Waals surface area contributed by atoms with Crippen LogP contribution >= 0.6 is 0 Å². The van der Waals surface area contributed by atoms with Crippen molar-refractivity contribution in [2.24, 2.45) is 0 Å². The Morgan fingerprint density at radius 3 is 2.49 bits per heavy atom. The molecule has 1 unspecified atom stereocenters. The molecule has 8 nitrogen and oxygen atoms in total. The van der Waals surface area contributed by atoms with Crippen molar-refractivity contribution in [3.8, 4) is 5.69 Å². The lowest BCUT2D eigenvalue weighted by Gasteiger charge is -2.18. The summed E-state index contributed by atoms with van der Waals surface area (Å²) in [5.41, 5.74) is -2.61. The molecule has 3 aromatic rings. The van der Waals surface area contributed by atoms with Crippen molar-refractivity contribution in [2.45, 2.75) is 18.9 Å². The molecule has 0 bridgehead atoms. The fraction of sp³-hybridized carbons (Fsp3) is 0.217. The predicted octanol–water partition coefficient (Wildman–Crippen LogP) is 2.50. The second-order valence-electron chi connectivity index (χ2n) is 7.86. The van der Waals surface area contributed by atoms with Crippen LogP contribution in [0.2, 0.25) is 0 Å². The third-order valence-corrected chi connectivity index (χ3v) is 5.37. The van der Waals surface area contributed by atoms with Gasteiger partial charge in [0.15, 0.2) is 17.3 Å². The summed E-state index contributed by atoms with van der Waals surface area (Å²) in [5, 5.41) is 11.8. The van der Waals surface area contributed by atoms with Crippen LogP contribution in [0.4, 0.5) is 23.4 Å². The molecule has 0 radical (unpaired) electrons. The smallest absolute Gasteiger partial charge is 0.260 e. The summed E-state index contributed by atoms with van der Waals surface area (Å²) in [6.45, 7) is 2.58. The maximum atomic E-state index is 14.7. The SMILES string of the molecule is C=C(CCF)NC(=O)c1cn(-c2c(F)cc(F)cc2F)c2nc(N3CC(O)CC3=O)ccc2c1=O. The fourth-order valence-electron chi connectivity index (χ4n) is 3.76. The lowest BCUT2D eigenvalue weighted by Crippen LogP contribution is -2.30. The number of fused-ring (bicyclic) bond motifs is 1. The summed E-state index contributed by atoms with van der Waals surface area (Å²) in [7, 11) is 0. The van der Waals surface area contributed by atoms with Crippen LogP contribution in [-0.4, -0.2) is 45.8 Å². The summed E-state index contributed by atoms with van der Waals surface area (Å²) in [4.78, 5) is 43.3. The highest BCUT2D eigenvalue weighted by Crippen LogP contribution is 2.26. The van der Waals surface area contributed by atoms with Crippen molar-refractivity contribution in [2.75, 3.05) is 18.1 Å². The molecule has 2 aromatic heterocycles. The number of halogens is 4. The normalized spacial score (nSPS) is 15.6. The Balaban J connectivity index is 1.97. The van der Waals surface area contributed by atoms with E-state index in [-0.39, 0.29) is 41.9 Å². The molecule has 1 fully saturated rings. The van der Waals surface area contributed by atoms with Gasteiger partial charge in [0.1, 0.15) is 22.9 Å². The highest BCUT2D eigenvalue weighted by molar-refractivity contribution is 5.99. The molecule has 12 heteroatoms. The van der Waals surface area contributed by atoms with Crippen LogP contribution in [0.1, 0.15) is 23.2 Å². The van der Waals surface area contributed by atoms with E-state index in [0.717, 1.165) is 15.7 Å². The Hall–Kier alpha value is -4.06. The number of aliphatic hydroxyl groups excluding tert-OH is 1. The Kier molecular flexibility index (Phi) is 6.39. The average Bonchev–Trinajstić information content (AvgIpc) is 3.12. The zero-order valence-corrected chi connectivity index (χ0v) is 18.0. The fourth-order valence-corrected chi connectivity index (χ4v) is 3.76. The second kappa shape index (κ2) is 9.29. The van der Waals surface area contributed by atoms with E-state index in [1.807, 2.05) is 0 Å². The van der Waals surface area contributed by atoms with Gasteiger partial charge in [0.05, 0.1) is 31.1 Å². The number of anilines is 1. The number of nitrogens with one attached hydrogen (secondary N) is 1. The number of carbonyl (C=O) groups is 2.